The minimum absolute atomic E-state index is 0.0704. The van der Waals surface area contributed by atoms with Gasteiger partial charge in [0, 0.05) is 13.2 Å². The van der Waals surface area contributed by atoms with Crippen molar-refractivity contribution in [3.63, 3.8) is 0 Å². The molecule has 16 heavy (non-hydrogen) atoms. The Labute approximate surface area is 95.4 Å². The molecule has 0 aromatic rings. The Bertz CT molecular complexity index is 165. The minimum atomic E-state index is -1.41. The van der Waals surface area contributed by atoms with E-state index in [4.69, 9.17) is 14.6 Å². The summed E-state index contributed by atoms with van der Waals surface area (Å²) >= 11 is 0. The molecule has 0 saturated carbocycles. The predicted octanol–water partition coefficient (Wildman–Crippen LogP) is -1.50. The monoisotopic (exact) mass is 238 g/mol. The molecule has 0 amide bonds. The molecular weight excluding hydrogens is 216 g/mol. The summed E-state index contributed by atoms with van der Waals surface area (Å²) in [5.41, 5.74) is 0. The molecule has 0 rings (SSSR count). The normalized spacial score (nSPS) is 19.1. The van der Waals surface area contributed by atoms with E-state index in [2.05, 4.69) is 0 Å². The second-order valence-electron chi connectivity index (χ2n) is 3.38. The highest BCUT2D eigenvalue weighted by Crippen LogP contribution is 2.08. The summed E-state index contributed by atoms with van der Waals surface area (Å²) in [4.78, 5) is 0. The van der Waals surface area contributed by atoms with Crippen LogP contribution in [0.1, 0.15) is 13.8 Å². The largest absolute Gasteiger partial charge is 0.394 e. The summed E-state index contributed by atoms with van der Waals surface area (Å²) in [5.74, 6) is 0. The van der Waals surface area contributed by atoms with Gasteiger partial charge in [0.2, 0.25) is 0 Å². The molecule has 6 heteroatoms. The first-order chi connectivity index (χ1) is 7.58. The first-order valence-corrected chi connectivity index (χ1v) is 5.42. The Kier molecular flexibility index (Phi) is 8.73. The molecule has 0 spiro atoms. The third kappa shape index (κ3) is 5.20. The predicted molar refractivity (Wildman–Crippen MR) is 57.0 cm³/mol. The Morgan fingerprint density at radius 2 is 1.62 bits per heavy atom. The van der Waals surface area contributed by atoms with Gasteiger partial charge < -0.3 is 29.9 Å². The molecule has 0 fully saturated rings. The van der Waals surface area contributed by atoms with Crippen molar-refractivity contribution in [3.8, 4) is 0 Å². The number of aliphatic hydroxyl groups is 4. The lowest BCUT2D eigenvalue weighted by Crippen LogP contribution is -2.48. The van der Waals surface area contributed by atoms with Gasteiger partial charge in [-0.1, -0.05) is 0 Å². The van der Waals surface area contributed by atoms with Gasteiger partial charge in [-0.05, 0) is 13.8 Å². The number of hydrogen-bond donors (Lipinski definition) is 4. The summed E-state index contributed by atoms with van der Waals surface area (Å²) in [6.45, 7) is 3.68. The van der Waals surface area contributed by atoms with Gasteiger partial charge >= 0.3 is 0 Å². The summed E-state index contributed by atoms with van der Waals surface area (Å²) in [7, 11) is 0. The van der Waals surface area contributed by atoms with Gasteiger partial charge in [-0.15, -0.1) is 0 Å². The van der Waals surface area contributed by atoms with Crippen LogP contribution in [-0.2, 0) is 9.47 Å². The Balaban J connectivity index is 4.16. The van der Waals surface area contributed by atoms with Crippen LogP contribution in [0.2, 0.25) is 0 Å². The zero-order valence-corrected chi connectivity index (χ0v) is 9.74. The molecular formula is C10H22O6. The molecule has 0 aliphatic rings. The van der Waals surface area contributed by atoms with Crippen LogP contribution in [0.15, 0.2) is 0 Å². The third-order valence-electron chi connectivity index (χ3n) is 2.18. The van der Waals surface area contributed by atoms with Crippen molar-refractivity contribution in [2.75, 3.05) is 26.4 Å². The number of aliphatic hydroxyl groups excluding tert-OH is 4. The average molecular weight is 238 g/mol. The first kappa shape index (κ1) is 15.8. The van der Waals surface area contributed by atoms with E-state index in [0.29, 0.717) is 13.2 Å². The van der Waals surface area contributed by atoms with Crippen LogP contribution < -0.4 is 0 Å². The van der Waals surface area contributed by atoms with Gasteiger partial charge in [0.05, 0.1) is 13.2 Å². The van der Waals surface area contributed by atoms with Crippen LogP contribution in [0, 0.1) is 0 Å². The minimum Gasteiger partial charge on any atom is -0.394 e. The second-order valence-corrected chi connectivity index (χ2v) is 3.38. The van der Waals surface area contributed by atoms with E-state index in [1.54, 1.807) is 13.8 Å². The van der Waals surface area contributed by atoms with Crippen LogP contribution >= 0.6 is 0 Å². The summed E-state index contributed by atoms with van der Waals surface area (Å²) in [6.07, 6.45) is -4.86. The van der Waals surface area contributed by atoms with E-state index in [9.17, 15) is 15.3 Å². The molecule has 0 unspecified atom stereocenters. The first-order valence-electron chi connectivity index (χ1n) is 5.42. The number of hydrogen-bond acceptors (Lipinski definition) is 6. The molecule has 0 saturated heterocycles. The molecule has 0 bridgehead atoms. The van der Waals surface area contributed by atoms with Crippen molar-refractivity contribution in [3.05, 3.63) is 0 Å². The van der Waals surface area contributed by atoms with Gasteiger partial charge in [0.1, 0.15) is 24.4 Å². The number of rotatable bonds is 9. The van der Waals surface area contributed by atoms with Gasteiger partial charge in [0.25, 0.3) is 0 Å². The Morgan fingerprint density at radius 1 is 1.00 bits per heavy atom. The average Bonchev–Trinajstić information content (AvgIpc) is 2.31. The lowest BCUT2D eigenvalue weighted by atomic mass is 10.0. The van der Waals surface area contributed by atoms with E-state index in [1.807, 2.05) is 0 Å². The maximum absolute atomic E-state index is 9.63. The highest BCUT2D eigenvalue weighted by Gasteiger charge is 2.31. The highest BCUT2D eigenvalue weighted by molar-refractivity contribution is 4.81. The van der Waals surface area contributed by atoms with Crippen molar-refractivity contribution < 1.29 is 29.9 Å². The zero-order valence-electron chi connectivity index (χ0n) is 9.74. The van der Waals surface area contributed by atoms with Gasteiger partial charge in [-0.25, -0.2) is 0 Å². The van der Waals surface area contributed by atoms with E-state index in [1.165, 1.54) is 0 Å². The van der Waals surface area contributed by atoms with E-state index >= 15 is 0 Å². The molecule has 6 nitrogen and oxygen atoms in total. The Hall–Kier alpha value is -0.240. The lowest BCUT2D eigenvalue weighted by molar-refractivity contribution is -0.143. The smallest absolute Gasteiger partial charge is 0.111 e. The highest BCUT2D eigenvalue weighted by atomic mass is 16.5. The van der Waals surface area contributed by atoms with Gasteiger partial charge in [-0.2, -0.15) is 0 Å². The molecule has 0 aromatic heterocycles. The second kappa shape index (κ2) is 8.86. The Morgan fingerprint density at radius 3 is 2.06 bits per heavy atom. The van der Waals surface area contributed by atoms with Crippen molar-refractivity contribution in [2.45, 2.75) is 38.3 Å². The molecule has 0 aliphatic carbocycles. The topological polar surface area (TPSA) is 99.4 Å². The summed E-state index contributed by atoms with van der Waals surface area (Å²) < 4.78 is 9.93. The van der Waals surface area contributed by atoms with E-state index in [0.717, 1.165) is 0 Å². The number of ether oxygens (including phenoxy) is 2. The molecule has 0 radical (unpaired) electrons. The fourth-order valence-corrected chi connectivity index (χ4v) is 1.26. The van der Waals surface area contributed by atoms with E-state index < -0.39 is 31.0 Å². The fraction of sp³-hybridized carbons (Fsp3) is 1.00. The molecule has 0 aromatic carbocycles. The molecule has 4 atom stereocenters. The maximum atomic E-state index is 9.63. The molecule has 0 aliphatic heterocycles. The molecule has 4 N–H and O–H groups in total. The SMILES string of the molecule is CCOC[C@@H](O)[C@H](O)[C@H](O)[C@H](CO)OCC. The van der Waals surface area contributed by atoms with Crippen LogP contribution in [0.5, 0.6) is 0 Å². The molecule has 98 valence electrons. The van der Waals surface area contributed by atoms with Gasteiger partial charge in [-0.3, -0.25) is 0 Å². The van der Waals surface area contributed by atoms with E-state index in [-0.39, 0.29) is 6.61 Å². The third-order valence-corrected chi connectivity index (χ3v) is 2.18. The maximum Gasteiger partial charge on any atom is 0.111 e. The van der Waals surface area contributed by atoms with Crippen molar-refractivity contribution in [1.82, 2.24) is 0 Å². The lowest BCUT2D eigenvalue weighted by Gasteiger charge is -2.28. The van der Waals surface area contributed by atoms with Crippen molar-refractivity contribution in [2.24, 2.45) is 0 Å². The fourth-order valence-electron chi connectivity index (χ4n) is 1.26. The van der Waals surface area contributed by atoms with Crippen molar-refractivity contribution >= 4 is 0 Å². The standard InChI is InChI=1S/C10H22O6/c1-3-15-6-7(12)9(13)10(14)8(5-11)16-4-2/h7-14H,3-6H2,1-2H3/t7-,8+,9+,10-/m1/s1. The molecule has 0 heterocycles. The van der Waals surface area contributed by atoms with Crippen LogP contribution in [0.25, 0.3) is 0 Å². The summed E-state index contributed by atoms with van der Waals surface area (Å²) in [5, 5.41) is 37.6. The zero-order chi connectivity index (χ0) is 12.6. The van der Waals surface area contributed by atoms with Crippen LogP contribution in [0.4, 0.5) is 0 Å². The van der Waals surface area contributed by atoms with Crippen LogP contribution in [0.3, 0.4) is 0 Å². The van der Waals surface area contributed by atoms with Crippen LogP contribution in [-0.4, -0.2) is 71.3 Å². The quantitative estimate of drug-likeness (QED) is 0.390. The summed E-state index contributed by atoms with van der Waals surface area (Å²) in [6, 6.07) is 0. The van der Waals surface area contributed by atoms with Gasteiger partial charge in [0.15, 0.2) is 0 Å². The van der Waals surface area contributed by atoms with Crippen molar-refractivity contribution in [1.29, 1.82) is 0 Å².